The van der Waals surface area contributed by atoms with Crippen LogP contribution < -0.4 is 10.1 Å². The van der Waals surface area contributed by atoms with Crippen LogP contribution >= 0.6 is 0 Å². The molecule has 94 valence electrons. The molecule has 0 spiro atoms. The molecule has 0 heterocycles. The maximum atomic E-state index is 13.0. The molecule has 17 heavy (non-hydrogen) atoms. The number of methoxy groups -OCH3 is 1. The number of rotatable bonds is 5. The highest BCUT2D eigenvalue weighted by molar-refractivity contribution is 5.94. The van der Waals surface area contributed by atoms with Crippen LogP contribution in [-0.2, 0) is 4.79 Å². The molecule has 1 unspecified atom stereocenters. The van der Waals surface area contributed by atoms with E-state index in [-0.39, 0.29) is 18.2 Å². The molecule has 0 saturated heterocycles. The van der Waals surface area contributed by atoms with Gasteiger partial charge in [0.15, 0.2) is 0 Å². The minimum atomic E-state index is -0.497. The molecule has 0 fully saturated rings. The Balaban J connectivity index is 2.86. The highest BCUT2D eigenvalue weighted by Crippen LogP contribution is 2.25. The average molecular weight is 241 g/mol. The number of benzene rings is 1. The van der Waals surface area contributed by atoms with Gasteiger partial charge in [0.05, 0.1) is 25.3 Å². The van der Waals surface area contributed by atoms with E-state index in [1.165, 1.54) is 25.3 Å². The molecule has 0 aromatic heterocycles. The van der Waals surface area contributed by atoms with Gasteiger partial charge in [0.2, 0.25) is 5.91 Å². The van der Waals surface area contributed by atoms with Crippen molar-refractivity contribution in [1.82, 2.24) is 0 Å². The van der Waals surface area contributed by atoms with Gasteiger partial charge >= 0.3 is 0 Å². The molecular weight excluding hydrogens is 225 g/mol. The van der Waals surface area contributed by atoms with Crippen molar-refractivity contribution in [2.45, 2.75) is 13.3 Å². The predicted octanol–water partition coefficient (Wildman–Crippen LogP) is 1.79. The first-order valence-corrected chi connectivity index (χ1v) is 5.37. The van der Waals surface area contributed by atoms with Gasteiger partial charge in [-0.1, -0.05) is 6.92 Å². The summed E-state index contributed by atoms with van der Waals surface area (Å²) in [6, 6.07) is 3.86. The van der Waals surface area contributed by atoms with Crippen LogP contribution in [0.1, 0.15) is 13.3 Å². The number of hydrogen-bond acceptors (Lipinski definition) is 3. The van der Waals surface area contributed by atoms with Gasteiger partial charge in [0.1, 0.15) is 11.6 Å². The summed E-state index contributed by atoms with van der Waals surface area (Å²) in [4.78, 5) is 11.7. The third-order valence-electron chi connectivity index (χ3n) is 2.50. The molecule has 1 aromatic carbocycles. The minimum absolute atomic E-state index is 0.236. The molecule has 1 rings (SSSR count). The molecule has 4 nitrogen and oxygen atoms in total. The smallest absolute Gasteiger partial charge is 0.229 e. The first kappa shape index (κ1) is 13.4. The van der Waals surface area contributed by atoms with Crippen LogP contribution in [0.25, 0.3) is 0 Å². The lowest BCUT2D eigenvalue weighted by Gasteiger charge is -2.14. The SMILES string of the molecule is CCC(CO)C(=O)Nc1cc(F)ccc1OC. The van der Waals surface area contributed by atoms with Crippen LogP contribution in [0.15, 0.2) is 18.2 Å². The minimum Gasteiger partial charge on any atom is -0.495 e. The van der Waals surface area contributed by atoms with Crippen molar-refractivity contribution in [3.8, 4) is 5.75 Å². The standard InChI is InChI=1S/C12H16FNO3/c1-3-8(7-15)12(16)14-10-6-9(13)4-5-11(10)17-2/h4-6,8,15H,3,7H2,1-2H3,(H,14,16). The van der Waals surface area contributed by atoms with Crippen LogP contribution in [0.3, 0.4) is 0 Å². The quantitative estimate of drug-likeness (QED) is 0.826. The number of hydrogen-bond donors (Lipinski definition) is 2. The first-order chi connectivity index (χ1) is 8.12. The van der Waals surface area contributed by atoms with Gasteiger partial charge in [-0.2, -0.15) is 0 Å². The number of halogens is 1. The highest BCUT2D eigenvalue weighted by atomic mass is 19.1. The van der Waals surface area contributed by atoms with Crippen LogP contribution in [0, 0.1) is 11.7 Å². The van der Waals surface area contributed by atoms with E-state index >= 15 is 0 Å². The van der Waals surface area contributed by atoms with Crippen LogP contribution in [-0.4, -0.2) is 24.7 Å². The Morgan fingerprint density at radius 3 is 2.82 bits per heavy atom. The zero-order valence-corrected chi connectivity index (χ0v) is 9.87. The van der Waals surface area contributed by atoms with E-state index < -0.39 is 11.7 Å². The molecule has 2 N–H and O–H groups in total. The van der Waals surface area contributed by atoms with Crippen molar-refractivity contribution in [3.63, 3.8) is 0 Å². The fraction of sp³-hybridized carbons (Fsp3) is 0.417. The summed E-state index contributed by atoms with van der Waals surface area (Å²) in [6.45, 7) is 1.56. The second-order valence-electron chi connectivity index (χ2n) is 3.62. The number of anilines is 1. The summed E-state index contributed by atoms with van der Waals surface area (Å²) >= 11 is 0. The fourth-order valence-corrected chi connectivity index (χ4v) is 1.41. The molecule has 0 radical (unpaired) electrons. The second-order valence-corrected chi connectivity index (χ2v) is 3.62. The van der Waals surface area contributed by atoms with Crippen LogP contribution in [0.4, 0.5) is 10.1 Å². The summed E-state index contributed by atoms with van der Waals surface area (Å²) in [6.07, 6.45) is 0.514. The molecule has 0 aliphatic rings. The molecule has 0 saturated carbocycles. The monoisotopic (exact) mass is 241 g/mol. The van der Waals surface area contributed by atoms with E-state index in [1.807, 2.05) is 0 Å². The van der Waals surface area contributed by atoms with Crippen molar-refractivity contribution >= 4 is 11.6 Å². The van der Waals surface area contributed by atoms with Crippen molar-refractivity contribution in [2.24, 2.45) is 5.92 Å². The van der Waals surface area contributed by atoms with E-state index in [0.717, 1.165) is 0 Å². The largest absolute Gasteiger partial charge is 0.495 e. The van der Waals surface area contributed by atoms with Gasteiger partial charge in [0, 0.05) is 6.07 Å². The molecule has 0 aliphatic carbocycles. The highest BCUT2D eigenvalue weighted by Gasteiger charge is 2.17. The van der Waals surface area contributed by atoms with E-state index in [4.69, 9.17) is 9.84 Å². The van der Waals surface area contributed by atoms with Crippen molar-refractivity contribution in [2.75, 3.05) is 19.0 Å². The molecule has 1 amide bonds. The van der Waals surface area contributed by atoms with Gasteiger partial charge in [-0.3, -0.25) is 4.79 Å². The lowest BCUT2D eigenvalue weighted by Crippen LogP contribution is -2.25. The maximum Gasteiger partial charge on any atom is 0.229 e. The summed E-state index contributed by atoms with van der Waals surface area (Å²) in [5, 5.41) is 11.5. The van der Waals surface area contributed by atoms with Crippen LogP contribution in [0.2, 0.25) is 0 Å². The summed E-state index contributed by atoms with van der Waals surface area (Å²) in [5.74, 6) is -0.924. The molecule has 5 heteroatoms. The Kier molecular flexibility index (Phi) is 4.90. The maximum absolute atomic E-state index is 13.0. The lowest BCUT2D eigenvalue weighted by atomic mass is 10.1. The second kappa shape index (κ2) is 6.20. The Morgan fingerprint density at radius 1 is 1.59 bits per heavy atom. The molecular formula is C12H16FNO3. The summed E-state index contributed by atoms with van der Waals surface area (Å²) in [5.41, 5.74) is 0.268. The Bertz CT molecular complexity index is 391. The third-order valence-corrected chi connectivity index (χ3v) is 2.50. The van der Waals surface area contributed by atoms with Crippen molar-refractivity contribution in [3.05, 3.63) is 24.0 Å². The number of nitrogens with one attached hydrogen (secondary N) is 1. The normalized spacial score (nSPS) is 12.0. The molecule has 1 atom stereocenters. The zero-order chi connectivity index (χ0) is 12.8. The van der Waals surface area contributed by atoms with Gasteiger partial charge in [-0.05, 0) is 18.6 Å². The van der Waals surface area contributed by atoms with Gasteiger partial charge in [-0.25, -0.2) is 4.39 Å². The van der Waals surface area contributed by atoms with Crippen molar-refractivity contribution < 1.29 is 19.0 Å². The van der Waals surface area contributed by atoms with Crippen LogP contribution in [0.5, 0.6) is 5.75 Å². The molecule has 0 aliphatic heterocycles. The number of carbonyl (C=O) groups is 1. The zero-order valence-electron chi connectivity index (χ0n) is 9.87. The van der Waals surface area contributed by atoms with Crippen molar-refractivity contribution in [1.29, 1.82) is 0 Å². The number of carbonyl (C=O) groups excluding carboxylic acids is 1. The summed E-state index contributed by atoms with van der Waals surface area (Å²) in [7, 11) is 1.44. The van der Waals surface area contributed by atoms with E-state index in [0.29, 0.717) is 12.2 Å². The topological polar surface area (TPSA) is 58.6 Å². The average Bonchev–Trinajstić information content (AvgIpc) is 2.31. The number of amides is 1. The van der Waals surface area contributed by atoms with E-state index in [9.17, 15) is 9.18 Å². The Hall–Kier alpha value is -1.62. The first-order valence-electron chi connectivity index (χ1n) is 5.37. The molecule has 0 bridgehead atoms. The predicted molar refractivity (Wildman–Crippen MR) is 62.4 cm³/mol. The number of aliphatic hydroxyl groups excluding tert-OH is 1. The van der Waals surface area contributed by atoms with E-state index in [1.54, 1.807) is 6.92 Å². The lowest BCUT2D eigenvalue weighted by molar-refractivity contribution is -0.121. The van der Waals surface area contributed by atoms with Gasteiger partial charge < -0.3 is 15.2 Å². The van der Waals surface area contributed by atoms with E-state index in [2.05, 4.69) is 5.32 Å². The third kappa shape index (κ3) is 3.42. The molecule has 1 aromatic rings. The number of aliphatic hydroxyl groups is 1. The Labute approximate surface area is 99.4 Å². The van der Waals surface area contributed by atoms with Gasteiger partial charge in [-0.15, -0.1) is 0 Å². The Morgan fingerprint density at radius 2 is 2.29 bits per heavy atom. The summed E-state index contributed by atoms with van der Waals surface area (Å²) < 4.78 is 18.0. The van der Waals surface area contributed by atoms with Gasteiger partial charge in [0.25, 0.3) is 0 Å². The fourth-order valence-electron chi connectivity index (χ4n) is 1.41. The number of ether oxygens (including phenoxy) is 1.